The molecule has 1 aromatic carbocycles. The minimum Gasteiger partial charge on any atom is -0.508 e. The van der Waals surface area contributed by atoms with Gasteiger partial charge in [-0.1, -0.05) is 18.0 Å². The molecule has 78 valence electrons. The highest BCUT2D eigenvalue weighted by atomic mass is 16.5. The molecule has 3 rings (SSSR count). The Balaban J connectivity index is 2.11. The van der Waals surface area contributed by atoms with Gasteiger partial charge in [-0.2, -0.15) is 0 Å². The number of hydrogen-bond acceptors (Lipinski definition) is 3. The van der Waals surface area contributed by atoms with E-state index in [1.54, 1.807) is 12.1 Å². The van der Waals surface area contributed by atoms with E-state index in [9.17, 15) is 5.11 Å². The van der Waals surface area contributed by atoms with Crippen LogP contribution in [-0.2, 0) is 0 Å². The van der Waals surface area contributed by atoms with E-state index in [2.05, 4.69) is 5.16 Å². The van der Waals surface area contributed by atoms with Crippen LogP contribution in [-0.4, -0.2) is 10.3 Å². The van der Waals surface area contributed by atoms with Gasteiger partial charge in [-0.25, -0.2) is 0 Å². The van der Waals surface area contributed by atoms with Gasteiger partial charge in [-0.3, -0.25) is 0 Å². The maximum absolute atomic E-state index is 9.32. The zero-order chi connectivity index (χ0) is 10.3. The molecule has 1 aliphatic carbocycles. The molecular weight excluding hydrogens is 190 g/mol. The van der Waals surface area contributed by atoms with Gasteiger partial charge in [0.15, 0.2) is 5.58 Å². The monoisotopic (exact) mass is 203 g/mol. The number of phenols is 1. The zero-order valence-electron chi connectivity index (χ0n) is 8.44. The minimum absolute atomic E-state index is 0.233. The average molecular weight is 203 g/mol. The summed E-state index contributed by atoms with van der Waals surface area (Å²) in [6, 6.07) is 5.22. The van der Waals surface area contributed by atoms with E-state index in [1.807, 2.05) is 6.07 Å². The molecule has 0 aliphatic heterocycles. The van der Waals surface area contributed by atoms with Crippen LogP contribution in [0, 0.1) is 0 Å². The van der Waals surface area contributed by atoms with Crippen LogP contribution in [0.1, 0.15) is 37.3 Å². The van der Waals surface area contributed by atoms with Crippen LogP contribution >= 0.6 is 0 Å². The Labute approximate surface area is 87.7 Å². The van der Waals surface area contributed by atoms with E-state index in [0.717, 1.165) is 11.1 Å². The van der Waals surface area contributed by atoms with Crippen molar-refractivity contribution in [2.75, 3.05) is 0 Å². The lowest BCUT2D eigenvalue weighted by Gasteiger charge is -2.03. The number of fused-ring (bicyclic) bond motifs is 1. The Morgan fingerprint density at radius 3 is 2.87 bits per heavy atom. The zero-order valence-corrected chi connectivity index (χ0v) is 8.44. The number of phenolic OH excluding ortho intramolecular Hbond substituents is 1. The molecule has 0 saturated heterocycles. The molecule has 0 unspecified atom stereocenters. The Morgan fingerprint density at radius 2 is 2.07 bits per heavy atom. The summed E-state index contributed by atoms with van der Waals surface area (Å²) in [6.07, 6.45) is 5.00. The Hall–Kier alpha value is -1.51. The normalized spacial score (nSPS) is 17.6. The van der Waals surface area contributed by atoms with E-state index < -0.39 is 0 Å². The molecule has 1 heterocycles. The van der Waals surface area contributed by atoms with Gasteiger partial charge >= 0.3 is 0 Å². The molecule has 0 amide bonds. The molecule has 3 heteroatoms. The molecule has 15 heavy (non-hydrogen) atoms. The van der Waals surface area contributed by atoms with Crippen LogP contribution in [0.2, 0.25) is 0 Å². The first-order valence-corrected chi connectivity index (χ1v) is 5.43. The average Bonchev–Trinajstić information content (AvgIpc) is 2.82. The van der Waals surface area contributed by atoms with Crippen molar-refractivity contribution in [2.45, 2.75) is 31.6 Å². The van der Waals surface area contributed by atoms with Crippen molar-refractivity contribution in [2.24, 2.45) is 0 Å². The fourth-order valence-electron chi connectivity index (χ4n) is 2.44. The number of rotatable bonds is 1. The van der Waals surface area contributed by atoms with Gasteiger partial charge < -0.3 is 9.63 Å². The van der Waals surface area contributed by atoms with Crippen LogP contribution in [0.4, 0.5) is 0 Å². The molecule has 1 aliphatic rings. The first kappa shape index (κ1) is 8.77. The van der Waals surface area contributed by atoms with E-state index in [-0.39, 0.29) is 5.75 Å². The van der Waals surface area contributed by atoms with Gasteiger partial charge in [-0.05, 0) is 25.0 Å². The second-order valence-corrected chi connectivity index (χ2v) is 4.23. The van der Waals surface area contributed by atoms with Crippen LogP contribution < -0.4 is 0 Å². The number of benzene rings is 1. The first-order chi connectivity index (χ1) is 7.34. The van der Waals surface area contributed by atoms with Gasteiger partial charge in [0.05, 0.1) is 5.69 Å². The summed E-state index contributed by atoms with van der Waals surface area (Å²) in [5, 5.41) is 14.5. The van der Waals surface area contributed by atoms with Crippen LogP contribution in [0.15, 0.2) is 22.7 Å². The summed E-state index contributed by atoms with van der Waals surface area (Å²) < 4.78 is 5.23. The predicted molar refractivity (Wildman–Crippen MR) is 56.9 cm³/mol. The largest absolute Gasteiger partial charge is 0.508 e. The molecule has 0 bridgehead atoms. The summed E-state index contributed by atoms with van der Waals surface area (Å²) in [4.78, 5) is 0. The summed E-state index contributed by atoms with van der Waals surface area (Å²) >= 11 is 0. The van der Waals surface area contributed by atoms with Gasteiger partial charge in [-0.15, -0.1) is 0 Å². The Kier molecular flexibility index (Phi) is 1.91. The van der Waals surface area contributed by atoms with Crippen molar-refractivity contribution in [3.05, 3.63) is 23.9 Å². The third-order valence-corrected chi connectivity index (χ3v) is 3.23. The van der Waals surface area contributed by atoms with Crippen LogP contribution in [0.5, 0.6) is 5.75 Å². The maximum Gasteiger partial charge on any atom is 0.170 e. The number of aromatic nitrogens is 1. The number of nitrogens with zero attached hydrogens (tertiary/aromatic N) is 1. The molecule has 2 aromatic rings. The molecular formula is C12H13NO2. The van der Waals surface area contributed by atoms with E-state index in [0.29, 0.717) is 11.5 Å². The number of hydrogen-bond donors (Lipinski definition) is 1. The maximum atomic E-state index is 9.32. The smallest absolute Gasteiger partial charge is 0.170 e. The SMILES string of the molecule is Oc1ccc2c(C3CCCC3)noc2c1. The molecule has 1 aromatic heterocycles. The first-order valence-electron chi connectivity index (χ1n) is 5.43. The molecule has 0 atom stereocenters. The molecule has 1 fully saturated rings. The van der Waals surface area contributed by atoms with Gasteiger partial charge in [0, 0.05) is 17.4 Å². The van der Waals surface area contributed by atoms with E-state index in [4.69, 9.17) is 4.52 Å². The lowest BCUT2D eigenvalue weighted by atomic mass is 10.0. The Bertz CT molecular complexity index is 483. The van der Waals surface area contributed by atoms with Gasteiger partial charge in [0.2, 0.25) is 0 Å². The standard InChI is InChI=1S/C12H13NO2/c14-9-5-6-10-11(7-9)15-13-12(10)8-3-1-2-4-8/h5-8,14H,1-4H2. The highest BCUT2D eigenvalue weighted by Crippen LogP contribution is 2.37. The summed E-state index contributed by atoms with van der Waals surface area (Å²) in [6.45, 7) is 0. The van der Waals surface area contributed by atoms with Gasteiger partial charge in [0.25, 0.3) is 0 Å². The fourth-order valence-corrected chi connectivity index (χ4v) is 2.44. The van der Waals surface area contributed by atoms with Crippen molar-refractivity contribution >= 4 is 11.0 Å². The van der Waals surface area contributed by atoms with Crippen LogP contribution in [0.25, 0.3) is 11.0 Å². The van der Waals surface area contributed by atoms with E-state index >= 15 is 0 Å². The number of aromatic hydroxyl groups is 1. The summed E-state index contributed by atoms with van der Waals surface area (Å²) in [5.74, 6) is 0.785. The second kappa shape index (κ2) is 3.26. The third kappa shape index (κ3) is 1.39. The van der Waals surface area contributed by atoms with Crippen molar-refractivity contribution in [3.63, 3.8) is 0 Å². The highest BCUT2D eigenvalue weighted by molar-refractivity contribution is 5.81. The fraction of sp³-hybridized carbons (Fsp3) is 0.417. The van der Waals surface area contributed by atoms with E-state index in [1.165, 1.54) is 25.7 Å². The lowest BCUT2D eigenvalue weighted by Crippen LogP contribution is -1.92. The second-order valence-electron chi connectivity index (χ2n) is 4.23. The van der Waals surface area contributed by atoms with Crippen molar-refractivity contribution in [3.8, 4) is 5.75 Å². The topological polar surface area (TPSA) is 46.3 Å². The predicted octanol–water partition coefficient (Wildman–Crippen LogP) is 3.19. The highest BCUT2D eigenvalue weighted by Gasteiger charge is 2.22. The van der Waals surface area contributed by atoms with Crippen molar-refractivity contribution in [1.82, 2.24) is 5.16 Å². The van der Waals surface area contributed by atoms with Crippen molar-refractivity contribution in [1.29, 1.82) is 0 Å². The van der Waals surface area contributed by atoms with Crippen LogP contribution in [0.3, 0.4) is 0 Å². The van der Waals surface area contributed by atoms with Crippen molar-refractivity contribution < 1.29 is 9.63 Å². The Morgan fingerprint density at radius 1 is 1.27 bits per heavy atom. The third-order valence-electron chi connectivity index (χ3n) is 3.23. The summed E-state index contributed by atoms with van der Waals surface area (Å²) in [5.41, 5.74) is 1.76. The molecule has 1 saturated carbocycles. The summed E-state index contributed by atoms with van der Waals surface area (Å²) in [7, 11) is 0. The van der Waals surface area contributed by atoms with Gasteiger partial charge in [0.1, 0.15) is 5.75 Å². The molecule has 0 radical (unpaired) electrons. The molecule has 0 spiro atoms. The molecule has 1 N–H and O–H groups in total. The molecule has 3 nitrogen and oxygen atoms in total. The minimum atomic E-state index is 0.233. The lowest BCUT2D eigenvalue weighted by molar-refractivity contribution is 0.433. The quantitative estimate of drug-likeness (QED) is 0.774.